The van der Waals surface area contributed by atoms with Gasteiger partial charge in [0.25, 0.3) is 0 Å². The molecule has 1 amide bonds. The normalized spacial score (nSPS) is 12.8. The number of thiophene rings is 1. The van der Waals surface area contributed by atoms with Gasteiger partial charge < -0.3 is 14.7 Å². The molecule has 0 radical (unpaired) electrons. The Balaban J connectivity index is 1.26. The number of fused-ring (bicyclic) bond motifs is 1. The maximum absolute atomic E-state index is 13.2. The van der Waals surface area contributed by atoms with Crippen LogP contribution in [0.2, 0.25) is 0 Å². The van der Waals surface area contributed by atoms with Crippen LogP contribution in [-0.4, -0.2) is 39.9 Å². The minimum atomic E-state index is -0.916. The standard InChI is InChI=1S/C30H31N3O4S/c1-20-7-3-11-27(21(20)2)37-15-6-12-28(34)33-14-5-9-25-24(8-4-10-26(25)33)23-17-31-32(19-23)18-22-13-16-38-29(22)30(35)36/h3-4,7-8,10-11,13,16-17,19H,5-6,9,12,14-15,18H2,1-2H3,(H,35,36). The molecule has 0 aliphatic carbocycles. The third-order valence-electron chi connectivity index (χ3n) is 7.12. The Bertz CT molecular complexity index is 1470. The number of amides is 1. The minimum absolute atomic E-state index is 0.113. The highest BCUT2D eigenvalue weighted by Crippen LogP contribution is 2.36. The number of hydrogen-bond donors (Lipinski definition) is 1. The highest BCUT2D eigenvalue weighted by Gasteiger charge is 2.25. The van der Waals surface area contributed by atoms with Gasteiger partial charge in [-0.05, 0) is 84.5 Å². The minimum Gasteiger partial charge on any atom is -0.493 e. The molecule has 0 spiro atoms. The number of hydrogen-bond acceptors (Lipinski definition) is 5. The predicted octanol–water partition coefficient (Wildman–Crippen LogP) is 6.11. The lowest BCUT2D eigenvalue weighted by Gasteiger charge is -2.31. The Labute approximate surface area is 226 Å². The summed E-state index contributed by atoms with van der Waals surface area (Å²) in [6.45, 7) is 5.73. The molecule has 0 saturated carbocycles. The lowest BCUT2D eigenvalue weighted by Crippen LogP contribution is -2.35. The van der Waals surface area contributed by atoms with Crippen molar-refractivity contribution in [1.82, 2.24) is 9.78 Å². The number of rotatable bonds is 9. The summed E-state index contributed by atoms with van der Waals surface area (Å²) in [5.41, 5.74) is 7.22. The van der Waals surface area contributed by atoms with E-state index in [0.717, 1.165) is 52.1 Å². The number of benzene rings is 2. The van der Waals surface area contributed by atoms with Crippen LogP contribution in [-0.2, 0) is 17.8 Å². The van der Waals surface area contributed by atoms with E-state index in [4.69, 9.17) is 4.74 Å². The molecule has 0 bridgehead atoms. The van der Waals surface area contributed by atoms with Crippen molar-refractivity contribution in [3.05, 3.63) is 87.4 Å². The summed E-state index contributed by atoms with van der Waals surface area (Å²) in [6.07, 6.45) is 6.65. The van der Waals surface area contributed by atoms with Crippen LogP contribution < -0.4 is 9.64 Å². The van der Waals surface area contributed by atoms with E-state index in [1.54, 1.807) is 10.1 Å². The van der Waals surface area contributed by atoms with Crippen molar-refractivity contribution in [2.24, 2.45) is 0 Å². The van der Waals surface area contributed by atoms with E-state index >= 15 is 0 Å². The second kappa shape index (κ2) is 11.2. The van der Waals surface area contributed by atoms with Crippen molar-refractivity contribution in [1.29, 1.82) is 0 Å². The van der Waals surface area contributed by atoms with Gasteiger partial charge in [0, 0.05) is 30.4 Å². The lowest BCUT2D eigenvalue weighted by atomic mass is 9.93. The fourth-order valence-corrected chi connectivity index (χ4v) is 5.74. The number of carboxylic acid groups (broad SMARTS) is 1. The van der Waals surface area contributed by atoms with E-state index in [2.05, 4.69) is 31.1 Å². The topological polar surface area (TPSA) is 84.7 Å². The summed E-state index contributed by atoms with van der Waals surface area (Å²) in [6, 6.07) is 13.9. The van der Waals surface area contributed by atoms with Crippen LogP contribution in [0.1, 0.15) is 51.2 Å². The summed E-state index contributed by atoms with van der Waals surface area (Å²) in [7, 11) is 0. The van der Waals surface area contributed by atoms with E-state index in [0.29, 0.717) is 37.4 Å². The van der Waals surface area contributed by atoms with E-state index < -0.39 is 5.97 Å². The molecule has 8 heteroatoms. The molecule has 1 N–H and O–H groups in total. The van der Waals surface area contributed by atoms with Gasteiger partial charge in [0.15, 0.2) is 0 Å². The molecule has 7 nitrogen and oxygen atoms in total. The molecule has 2 aromatic carbocycles. The van der Waals surface area contributed by atoms with Crippen LogP contribution in [0.5, 0.6) is 5.75 Å². The number of carboxylic acids is 1. The van der Waals surface area contributed by atoms with Gasteiger partial charge in [0.1, 0.15) is 10.6 Å². The number of carbonyl (C=O) groups excluding carboxylic acids is 1. The number of ether oxygens (including phenoxy) is 1. The average molecular weight is 530 g/mol. The second-order valence-electron chi connectivity index (χ2n) is 9.61. The number of aryl methyl sites for hydroxylation is 1. The Morgan fingerprint density at radius 3 is 2.82 bits per heavy atom. The molecule has 3 heterocycles. The Hall–Kier alpha value is -3.91. The van der Waals surface area contributed by atoms with Crippen LogP contribution in [0.25, 0.3) is 11.1 Å². The van der Waals surface area contributed by atoms with Crippen LogP contribution in [0.15, 0.2) is 60.2 Å². The Morgan fingerprint density at radius 2 is 1.97 bits per heavy atom. The molecule has 0 fully saturated rings. The number of aromatic carboxylic acids is 1. The van der Waals surface area contributed by atoms with Crippen molar-refractivity contribution in [3.63, 3.8) is 0 Å². The maximum Gasteiger partial charge on any atom is 0.346 e. The quantitative estimate of drug-likeness (QED) is 0.264. The summed E-state index contributed by atoms with van der Waals surface area (Å²) in [4.78, 5) is 26.9. The Morgan fingerprint density at radius 1 is 1.13 bits per heavy atom. The zero-order valence-corrected chi connectivity index (χ0v) is 22.5. The first-order valence-corrected chi connectivity index (χ1v) is 13.7. The molecule has 1 aliphatic heterocycles. The molecule has 196 valence electrons. The van der Waals surface area contributed by atoms with Crippen LogP contribution >= 0.6 is 11.3 Å². The third-order valence-corrected chi connectivity index (χ3v) is 8.06. The van der Waals surface area contributed by atoms with E-state index in [1.807, 2.05) is 47.6 Å². The van der Waals surface area contributed by atoms with Crippen LogP contribution in [0.3, 0.4) is 0 Å². The van der Waals surface area contributed by atoms with Crippen molar-refractivity contribution in [2.45, 2.75) is 46.1 Å². The largest absolute Gasteiger partial charge is 0.493 e. The summed E-state index contributed by atoms with van der Waals surface area (Å²) >= 11 is 1.22. The van der Waals surface area contributed by atoms with Crippen LogP contribution in [0, 0.1) is 13.8 Å². The average Bonchev–Trinajstić information content (AvgIpc) is 3.58. The van der Waals surface area contributed by atoms with Crippen molar-refractivity contribution in [3.8, 4) is 16.9 Å². The molecule has 2 aromatic heterocycles. The second-order valence-corrected chi connectivity index (χ2v) is 10.5. The number of aromatic nitrogens is 2. The maximum atomic E-state index is 13.2. The fraction of sp³-hybridized carbons (Fsp3) is 0.300. The molecule has 38 heavy (non-hydrogen) atoms. The first-order chi connectivity index (χ1) is 18.4. The van der Waals surface area contributed by atoms with Gasteiger partial charge in [-0.1, -0.05) is 24.3 Å². The van der Waals surface area contributed by atoms with E-state index in [-0.39, 0.29) is 5.91 Å². The molecule has 5 rings (SSSR count). The SMILES string of the molecule is Cc1cccc(OCCCC(=O)N2CCCc3c(-c4cnn(Cc5ccsc5C(=O)O)c4)cccc32)c1C. The smallest absolute Gasteiger partial charge is 0.346 e. The van der Waals surface area contributed by atoms with Gasteiger partial charge in [-0.15, -0.1) is 11.3 Å². The summed E-state index contributed by atoms with van der Waals surface area (Å²) < 4.78 is 7.72. The van der Waals surface area contributed by atoms with Crippen LogP contribution in [0.4, 0.5) is 5.69 Å². The summed E-state index contributed by atoms with van der Waals surface area (Å²) in [5, 5.41) is 15.7. The van der Waals surface area contributed by atoms with Gasteiger partial charge >= 0.3 is 5.97 Å². The highest BCUT2D eigenvalue weighted by atomic mass is 32.1. The molecule has 4 aromatic rings. The highest BCUT2D eigenvalue weighted by molar-refractivity contribution is 7.12. The first kappa shape index (κ1) is 25.7. The van der Waals surface area contributed by atoms with Gasteiger partial charge in [0.05, 0.1) is 19.3 Å². The lowest BCUT2D eigenvalue weighted by molar-refractivity contribution is -0.118. The third kappa shape index (κ3) is 5.36. The van der Waals surface area contributed by atoms with Gasteiger partial charge in [-0.25, -0.2) is 4.79 Å². The van der Waals surface area contributed by atoms with E-state index in [9.17, 15) is 14.7 Å². The first-order valence-electron chi connectivity index (χ1n) is 12.9. The molecular formula is C30H31N3O4S. The van der Waals surface area contributed by atoms with Crippen molar-refractivity contribution in [2.75, 3.05) is 18.1 Å². The van der Waals surface area contributed by atoms with Crippen molar-refractivity contribution < 1.29 is 19.4 Å². The molecule has 0 atom stereocenters. The predicted molar refractivity (Wildman–Crippen MR) is 149 cm³/mol. The van der Waals surface area contributed by atoms with E-state index in [1.165, 1.54) is 16.9 Å². The monoisotopic (exact) mass is 529 g/mol. The van der Waals surface area contributed by atoms with Crippen molar-refractivity contribution >= 4 is 28.9 Å². The zero-order valence-electron chi connectivity index (χ0n) is 21.6. The Kier molecular flexibility index (Phi) is 7.60. The molecule has 1 aliphatic rings. The molecule has 0 unspecified atom stereocenters. The van der Waals surface area contributed by atoms with Gasteiger partial charge in [-0.3, -0.25) is 9.48 Å². The van der Waals surface area contributed by atoms with Gasteiger partial charge in [-0.2, -0.15) is 5.10 Å². The number of anilines is 1. The summed E-state index contributed by atoms with van der Waals surface area (Å²) in [5.74, 6) is 0.0762. The van der Waals surface area contributed by atoms with Gasteiger partial charge in [0.2, 0.25) is 5.91 Å². The fourth-order valence-electron chi connectivity index (χ4n) is 4.99. The zero-order chi connectivity index (χ0) is 26.6. The number of carbonyl (C=O) groups is 2. The molecular weight excluding hydrogens is 498 g/mol. The number of nitrogens with zero attached hydrogens (tertiary/aromatic N) is 3. The molecule has 0 saturated heterocycles.